The number of nitrogens with zero attached hydrogens (tertiary/aromatic N) is 1. The Morgan fingerprint density at radius 2 is 1.96 bits per heavy atom. The van der Waals surface area contributed by atoms with Crippen molar-refractivity contribution in [2.24, 2.45) is 0 Å². The zero-order valence-electron chi connectivity index (χ0n) is 15.1. The van der Waals surface area contributed by atoms with E-state index in [1.54, 1.807) is 24.3 Å². The van der Waals surface area contributed by atoms with Gasteiger partial charge in [0.1, 0.15) is 24.1 Å². The maximum atomic E-state index is 12.6. The van der Waals surface area contributed by atoms with Crippen LogP contribution >= 0.6 is 0 Å². The van der Waals surface area contributed by atoms with Crippen LogP contribution in [0.25, 0.3) is 11.3 Å². The number of para-hydroxylation sites is 1. The maximum absolute atomic E-state index is 12.6. The van der Waals surface area contributed by atoms with Crippen LogP contribution in [0.15, 0.2) is 48.5 Å². The number of aromatic amines is 1. The smallest absolute Gasteiger partial charge is 0.270 e. The molecule has 6 heteroatoms. The number of carbonyl (C=O) groups excluding carboxylic acids is 2. The Bertz CT molecular complexity index is 1040. The van der Waals surface area contributed by atoms with Gasteiger partial charge in [0.05, 0.1) is 11.3 Å². The van der Waals surface area contributed by atoms with Crippen molar-refractivity contribution in [2.45, 2.75) is 19.9 Å². The van der Waals surface area contributed by atoms with Crippen LogP contribution in [0.3, 0.4) is 0 Å². The fraction of sp³-hybridized carbons (Fsp3) is 0.190. The van der Waals surface area contributed by atoms with Gasteiger partial charge in [0.2, 0.25) is 0 Å². The molecule has 6 nitrogen and oxygen atoms in total. The molecule has 1 unspecified atom stereocenters. The summed E-state index contributed by atoms with van der Waals surface area (Å²) in [6, 6.07) is 14.0. The van der Waals surface area contributed by atoms with Crippen molar-refractivity contribution in [3.63, 3.8) is 0 Å². The van der Waals surface area contributed by atoms with Gasteiger partial charge >= 0.3 is 0 Å². The van der Waals surface area contributed by atoms with Gasteiger partial charge in [0.15, 0.2) is 5.78 Å². The zero-order chi connectivity index (χ0) is 19.0. The minimum Gasteiger partial charge on any atom is -0.490 e. The summed E-state index contributed by atoms with van der Waals surface area (Å²) in [6.45, 7) is 4.19. The van der Waals surface area contributed by atoms with Crippen molar-refractivity contribution in [3.05, 3.63) is 70.9 Å². The van der Waals surface area contributed by atoms with Gasteiger partial charge in [0.25, 0.3) is 5.91 Å². The van der Waals surface area contributed by atoms with E-state index in [0.29, 0.717) is 22.7 Å². The molecular weight excluding hydrogens is 342 g/mol. The average Bonchev–Trinajstić information content (AvgIpc) is 3.17. The predicted molar refractivity (Wildman–Crippen MR) is 101 cm³/mol. The lowest BCUT2D eigenvalue weighted by Crippen LogP contribution is -2.47. The Balaban J connectivity index is 1.50. The molecule has 3 aromatic rings. The van der Waals surface area contributed by atoms with Crippen molar-refractivity contribution in [3.8, 4) is 17.0 Å². The molecule has 0 bridgehead atoms. The number of ketones is 1. The number of hydrogen-bond donors (Lipinski definition) is 2. The normalized spacial score (nSPS) is 15.8. The van der Waals surface area contributed by atoms with Crippen LogP contribution in [0.1, 0.15) is 32.0 Å². The predicted octanol–water partition coefficient (Wildman–Crippen LogP) is 3.07. The van der Waals surface area contributed by atoms with Crippen LogP contribution in [0, 0.1) is 13.8 Å². The van der Waals surface area contributed by atoms with Crippen LogP contribution in [-0.4, -0.2) is 34.5 Å². The molecule has 0 aliphatic carbocycles. The van der Waals surface area contributed by atoms with Crippen LogP contribution in [-0.2, 0) is 0 Å². The number of ether oxygens (including phenoxy) is 1. The minimum atomic E-state index is -0.722. The van der Waals surface area contributed by atoms with Crippen LogP contribution in [0.5, 0.6) is 5.75 Å². The lowest BCUT2D eigenvalue weighted by atomic mass is 10.0. The third kappa shape index (κ3) is 3.21. The summed E-state index contributed by atoms with van der Waals surface area (Å²) in [4.78, 5) is 25.1. The summed E-state index contributed by atoms with van der Waals surface area (Å²) >= 11 is 0. The molecule has 0 fully saturated rings. The largest absolute Gasteiger partial charge is 0.490 e. The number of benzene rings is 2. The summed E-state index contributed by atoms with van der Waals surface area (Å²) in [6.07, 6.45) is 0. The van der Waals surface area contributed by atoms with Crippen LogP contribution in [0.4, 0.5) is 0 Å². The molecule has 4 rings (SSSR count). The fourth-order valence-electron chi connectivity index (χ4n) is 3.06. The third-order valence-corrected chi connectivity index (χ3v) is 4.80. The Morgan fingerprint density at radius 1 is 1.15 bits per heavy atom. The Labute approximate surface area is 156 Å². The highest BCUT2D eigenvalue weighted by Gasteiger charge is 2.30. The van der Waals surface area contributed by atoms with E-state index in [4.69, 9.17) is 4.74 Å². The van der Waals surface area contributed by atoms with E-state index in [1.165, 1.54) is 5.56 Å². The number of aryl methyl sites for hydroxylation is 2. The maximum Gasteiger partial charge on any atom is 0.270 e. The van der Waals surface area contributed by atoms with Crippen molar-refractivity contribution in [2.75, 3.05) is 6.61 Å². The molecule has 0 saturated carbocycles. The Kier molecular flexibility index (Phi) is 4.24. The van der Waals surface area contributed by atoms with Crippen molar-refractivity contribution in [1.82, 2.24) is 15.5 Å². The Morgan fingerprint density at radius 3 is 2.78 bits per heavy atom. The molecule has 2 aromatic carbocycles. The first-order valence-corrected chi connectivity index (χ1v) is 8.73. The van der Waals surface area contributed by atoms with E-state index >= 15 is 0 Å². The van der Waals surface area contributed by atoms with Crippen molar-refractivity contribution in [1.29, 1.82) is 0 Å². The molecule has 2 N–H and O–H groups in total. The average molecular weight is 361 g/mol. The van der Waals surface area contributed by atoms with Gasteiger partial charge in [-0.25, -0.2) is 0 Å². The Hall–Kier alpha value is -3.41. The second-order valence-corrected chi connectivity index (χ2v) is 6.66. The van der Waals surface area contributed by atoms with Crippen molar-refractivity contribution >= 4 is 11.7 Å². The summed E-state index contributed by atoms with van der Waals surface area (Å²) < 4.78 is 5.58. The van der Waals surface area contributed by atoms with E-state index in [-0.39, 0.29) is 18.3 Å². The number of amides is 1. The molecule has 0 radical (unpaired) electrons. The van der Waals surface area contributed by atoms with Crippen molar-refractivity contribution < 1.29 is 14.3 Å². The molecule has 1 atom stereocenters. The number of aromatic nitrogens is 2. The second-order valence-electron chi connectivity index (χ2n) is 6.66. The number of Topliss-reactive ketones (excluding diaryl/α,β-unsaturated/α-hetero) is 1. The highest BCUT2D eigenvalue weighted by molar-refractivity contribution is 6.06. The van der Waals surface area contributed by atoms with Gasteiger partial charge in [-0.05, 0) is 49.2 Å². The number of rotatable bonds is 3. The highest BCUT2D eigenvalue weighted by Crippen LogP contribution is 2.24. The number of hydrogen-bond acceptors (Lipinski definition) is 4. The molecule has 1 aromatic heterocycles. The fourth-order valence-corrected chi connectivity index (χ4v) is 3.06. The topological polar surface area (TPSA) is 84.1 Å². The molecule has 1 amide bonds. The molecule has 1 aliphatic heterocycles. The van der Waals surface area contributed by atoms with E-state index < -0.39 is 6.04 Å². The SMILES string of the molecule is Cc1ccc(-c2cc(C(=O)NC3COc4ccccc4C3=O)[nH]n2)cc1C. The summed E-state index contributed by atoms with van der Waals surface area (Å²) in [5, 5.41) is 9.70. The standard InChI is InChI=1S/C21H19N3O3/c1-12-7-8-14(9-13(12)2)16-10-17(24-23-16)21(26)22-18-11-27-19-6-4-3-5-15(19)20(18)25/h3-10,18H,11H2,1-2H3,(H,22,26)(H,23,24). The highest BCUT2D eigenvalue weighted by atomic mass is 16.5. The van der Waals surface area contributed by atoms with Gasteiger partial charge in [-0.2, -0.15) is 5.10 Å². The van der Waals surface area contributed by atoms with E-state index in [9.17, 15) is 9.59 Å². The van der Waals surface area contributed by atoms with Crippen LogP contribution < -0.4 is 10.1 Å². The van der Waals surface area contributed by atoms with Gasteiger partial charge in [-0.1, -0.05) is 24.3 Å². The first-order valence-electron chi connectivity index (χ1n) is 8.73. The first-order chi connectivity index (χ1) is 13.0. The quantitative estimate of drug-likeness (QED) is 0.751. The molecule has 2 heterocycles. The summed E-state index contributed by atoms with van der Waals surface area (Å²) in [5.41, 5.74) is 4.75. The number of H-pyrrole nitrogens is 1. The molecular formula is C21H19N3O3. The second kappa shape index (κ2) is 6.72. The molecule has 0 saturated heterocycles. The lowest BCUT2D eigenvalue weighted by Gasteiger charge is -2.24. The summed E-state index contributed by atoms with van der Waals surface area (Å²) in [5.74, 6) is 0.00424. The molecule has 0 spiro atoms. The van der Waals surface area contributed by atoms with E-state index in [2.05, 4.69) is 15.5 Å². The van der Waals surface area contributed by atoms with Gasteiger partial charge in [0, 0.05) is 5.56 Å². The van der Waals surface area contributed by atoms with Crippen LogP contribution in [0.2, 0.25) is 0 Å². The summed E-state index contributed by atoms with van der Waals surface area (Å²) in [7, 11) is 0. The van der Waals surface area contributed by atoms with Gasteiger partial charge in [-0.15, -0.1) is 0 Å². The van der Waals surface area contributed by atoms with E-state index in [0.717, 1.165) is 11.1 Å². The molecule has 1 aliphatic rings. The first kappa shape index (κ1) is 17.0. The van der Waals surface area contributed by atoms with Gasteiger partial charge < -0.3 is 10.1 Å². The third-order valence-electron chi connectivity index (χ3n) is 4.80. The zero-order valence-corrected chi connectivity index (χ0v) is 15.1. The number of carbonyl (C=O) groups is 2. The minimum absolute atomic E-state index is 0.111. The number of fused-ring (bicyclic) bond motifs is 1. The van der Waals surface area contributed by atoms with E-state index in [1.807, 2.05) is 38.1 Å². The molecule has 27 heavy (non-hydrogen) atoms. The lowest BCUT2D eigenvalue weighted by molar-refractivity contribution is 0.0793. The number of nitrogens with one attached hydrogen (secondary N) is 2. The molecule has 136 valence electrons. The van der Waals surface area contributed by atoms with Gasteiger partial charge in [-0.3, -0.25) is 14.7 Å². The monoisotopic (exact) mass is 361 g/mol.